The van der Waals surface area contributed by atoms with Crippen LogP contribution in [0.15, 0.2) is 0 Å². The van der Waals surface area contributed by atoms with Crippen LogP contribution in [0, 0.1) is 5.92 Å². The van der Waals surface area contributed by atoms with Crippen molar-refractivity contribution in [2.75, 3.05) is 31.6 Å². The van der Waals surface area contributed by atoms with Crippen LogP contribution in [0.2, 0.25) is 0 Å². The SMILES string of the molecule is CSCCCCCNC(=O)CC1CCCNC1. The summed E-state index contributed by atoms with van der Waals surface area (Å²) in [6.45, 7) is 2.99. The van der Waals surface area contributed by atoms with Crippen molar-refractivity contribution in [3.63, 3.8) is 0 Å². The molecule has 0 aromatic carbocycles. The molecular formula is C13H26N2OS. The van der Waals surface area contributed by atoms with E-state index in [4.69, 9.17) is 0 Å². The number of amides is 1. The highest BCUT2D eigenvalue weighted by molar-refractivity contribution is 7.98. The van der Waals surface area contributed by atoms with Crippen molar-refractivity contribution in [2.24, 2.45) is 5.92 Å². The second-order valence-corrected chi connectivity index (χ2v) is 5.81. The molecule has 100 valence electrons. The molecule has 1 saturated heterocycles. The summed E-state index contributed by atoms with van der Waals surface area (Å²) >= 11 is 1.89. The Morgan fingerprint density at radius 3 is 3.00 bits per heavy atom. The molecule has 0 bridgehead atoms. The molecule has 1 aliphatic heterocycles. The summed E-state index contributed by atoms with van der Waals surface area (Å²) in [5, 5.41) is 6.38. The van der Waals surface area contributed by atoms with Crippen LogP contribution < -0.4 is 10.6 Å². The van der Waals surface area contributed by atoms with E-state index < -0.39 is 0 Å². The number of rotatable bonds is 8. The third-order valence-electron chi connectivity index (χ3n) is 3.22. The van der Waals surface area contributed by atoms with E-state index in [9.17, 15) is 4.79 Å². The summed E-state index contributed by atoms with van der Waals surface area (Å²) in [4.78, 5) is 11.7. The van der Waals surface area contributed by atoms with Crippen molar-refractivity contribution in [3.8, 4) is 0 Å². The predicted octanol–water partition coefficient (Wildman–Crippen LogP) is 2.03. The number of hydrogen-bond acceptors (Lipinski definition) is 3. The molecule has 1 heterocycles. The Bertz CT molecular complexity index is 206. The fourth-order valence-corrected chi connectivity index (χ4v) is 2.70. The molecule has 4 heteroatoms. The molecule has 2 N–H and O–H groups in total. The maximum absolute atomic E-state index is 11.7. The quantitative estimate of drug-likeness (QED) is 0.655. The molecule has 0 aromatic heterocycles. The topological polar surface area (TPSA) is 41.1 Å². The van der Waals surface area contributed by atoms with Crippen LogP contribution in [-0.2, 0) is 4.79 Å². The average Bonchev–Trinajstić information content (AvgIpc) is 2.35. The van der Waals surface area contributed by atoms with Gasteiger partial charge in [0.15, 0.2) is 0 Å². The van der Waals surface area contributed by atoms with Gasteiger partial charge in [-0.25, -0.2) is 0 Å². The summed E-state index contributed by atoms with van der Waals surface area (Å²) in [7, 11) is 0. The summed E-state index contributed by atoms with van der Waals surface area (Å²) in [5.74, 6) is 2.03. The van der Waals surface area contributed by atoms with Crippen LogP contribution in [-0.4, -0.2) is 37.6 Å². The van der Waals surface area contributed by atoms with E-state index in [1.165, 1.54) is 31.4 Å². The number of thioether (sulfide) groups is 1. The minimum Gasteiger partial charge on any atom is -0.356 e. The first-order valence-electron chi connectivity index (χ1n) is 6.79. The highest BCUT2D eigenvalue weighted by Gasteiger charge is 2.16. The van der Waals surface area contributed by atoms with Crippen molar-refractivity contribution >= 4 is 17.7 Å². The molecule has 1 atom stereocenters. The average molecular weight is 258 g/mol. The van der Waals surface area contributed by atoms with Gasteiger partial charge >= 0.3 is 0 Å². The van der Waals surface area contributed by atoms with Gasteiger partial charge in [-0.1, -0.05) is 6.42 Å². The summed E-state index contributed by atoms with van der Waals surface area (Å²) < 4.78 is 0. The summed E-state index contributed by atoms with van der Waals surface area (Å²) in [6, 6.07) is 0. The van der Waals surface area contributed by atoms with Gasteiger partial charge < -0.3 is 10.6 Å². The van der Waals surface area contributed by atoms with Gasteiger partial charge in [0.25, 0.3) is 0 Å². The lowest BCUT2D eigenvalue weighted by Gasteiger charge is -2.22. The second-order valence-electron chi connectivity index (χ2n) is 4.82. The van der Waals surface area contributed by atoms with Gasteiger partial charge in [0.05, 0.1) is 0 Å². The van der Waals surface area contributed by atoms with Crippen LogP contribution in [0.3, 0.4) is 0 Å². The number of unbranched alkanes of at least 4 members (excludes halogenated alkanes) is 2. The van der Waals surface area contributed by atoms with E-state index in [1.54, 1.807) is 0 Å². The maximum atomic E-state index is 11.7. The Balaban J connectivity index is 1.93. The molecule has 0 aromatic rings. The third kappa shape index (κ3) is 7.66. The lowest BCUT2D eigenvalue weighted by Crippen LogP contribution is -2.34. The molecule has 0 saturated carbocycles. The fraction of sp³-hybridized carbons (Fsp3) is 0.923. The van der Waals surface area contributed by atoms with E-state index in [1.807, 2.05) is 11.8 Å². The van der Waals surface area contributed by atoms with E-state index in [2.05, 4.69) is 16.9 Å². The van der Waals surface area contributed by atoms with Gasteiger partial charge in [-0.15, -0.1) is 0 Å². The number of hydrogen-bond donors (Lipinski definition) is 2. The highest BCUT2D eigenvalue weighted by Crippen LogP contribution is 2.13. The van der Waals surface area contributed by atoms with E-state index in [-0.39, 0.29) is 5.91 Å². The molecule has 1 unspecified atom stereocenters. The van der Waals surface area contributed by atoms with Crippen LogP contribution in [0.4, 0.5) is 0 Å². The van der Waals surface area contributed by atoms with Crippen molar-refractivity contribution in [1.82, 2.24) is 10.6 Å². The Labute approximate surface area is 109 Å². The number of piperidine rings is 1. The maximum Gasteiger partial charge on any atom is 0.220 e. The first-order chi connectivity index (χ1) is 8.33. The first kappa shape index (κ1) is 14.8. The van der Waals surface area contributed by atoms with Gasteiger partial charge in [0.1, 0.15) is 0 Å². The molecule has 1 rings (SSSR count). The largest absolute Gasteiger partial charge is 0.356 e. The standard InChI is InChI=1S/C13H26N2OS/c1-17-9-4-2-3-8-15-13(16)10-12-6-5-7-14-11-12/h12,14H,2-11H2,1H3,(H,15,16). The lowest BCUT2D eigenvalue weighted by molar-refractivity contribution is -0.122. The Kier molecular flexibility index (Phi) is 8.53. The van der Waals surface area contributed by atoms with Gasteiger partial charge in [0, 0.05) is 13.0 Å². The van der Waals surface area contributed by atoms with Crippen LogP contribution in [0.25, 0.3) is 0 Å². The predicted molar refractivity (Wildman–Crippen MR) is 75.5 cm³/mol. The summed E-state index contributed by atoms with van der Waals surface area (Å²) in [6.07, 6.45) is 8.88. The minimum absolute atomic E-state index is 0.239. The normalized spacial score (nSPS) is 20.2. The van der Waals surface area contributed by atoms with E-state index >= 15 is 0 Å². The molecular weight excluding hydrogens is 232 g/mol. The zero-order valence-corrected chi connectivity index (χ0v) is 11.8. The lowest BCUT2D eigenvalue weighted by atomic mass is 9.96. The van der Waals surface area contributed by atoms with Crippen molar-refractivity contribution in [3.05, 3.63) is 0 Å². The molecule has 1 amide bonds. The first-order valence-corrected chi connectivity index (χ1v) is 8.18. The molecule has 3 nitrogen and oxygen atoms in total. The third-order valence-corrected chi connectivity index (χ3v) is 3.92. The second kappa shape index (κ2) is 9.77. The zero-order chi connectivity index (χ0) is 12.3. The molecule has 1 aliphatic rings. The van der Waals surface area contributed by atoms with Crippen molar-refractivity contribution < 1.29 is 4.79 Å². The molecule has 0 radical (unpaired) electrons. The van der Waals surface area contributed by atoms with Crippen molar-refractivity contribution in [2.45, 2.75) is 38.5 Å². The minimum atomic E-state index is 0.239. The summed E-state index contributed by atoms with van der Waals surface area (Å²) in [5.41, 5.74) is 0. The molecule has 0 spiro atoms. The fourth-order valence-electron chi connectivity index (χ4n) is 2.21. The smallest absolute Gasteiger partial charge is 0.220 e. The highest BCUT2D eigenvalue weighted by atomic mass is 32.2. The van der Waals surface area contributed by atoms with Gasteiger partial charge in [0.2, 0.25) is 5.91 Å². The number of nitrogens with one attached hydrogen (secondary N) is 2. The van der Waals surface area contributed by atoms with Gasteiger partial charge in [-0.05, 0) is 56.7 Å². The number of carbonyl (C=O) groups is 1. The molecule has 1 fully saturated rings. The van der Waals surface area contributed by atoms with Crippen LogP contribution >= 0.6 is 11.8 Å². The Morgan fingerprint density at radius 2 is 2.29 bits per heavy atom. The molecule has 17 heavy (non-hydrogen) atoms. The Hall–Kier alpha value is -0.220. The van der Waals surface area contributed by atoms with Gasteiger partial charge in [-0.3, -0.25) is 4.79 Å². The molecule has 0 aliphatic carbocycles. The van der Waals surface area contributed by atoms with Crippen molar-refractivity contribution in [1.29, 1.82) is 0 Å². The van der Waals surface area contributed by atoms with Crippen LogP contribution in [0.1, 0.15) is 38.5 Å². The van der Waals surface area contributed by atoms with E-state index in [0.717, 1.165) is 26.1 Å². The van der Waals surface area contributed by atoms with Crippen LogP contribution in [0.5, 0.6) is 0 Å². The zero-order valence-electron chi connectivity index (χ0n) is 11.0. The van der Waals surface area contributed by atoms with Gasteiger partial charge in [-0.2, -0.15) is 11.8 Å². The van der Waals surface area contributed by atoms with E-state index in [0.29, 0.717) is 12.3 Å². The monoisotopic (exact) mass is 258 g/mol. The number of carbonyl (C=O) groups excluding carboxylic acids is 1. The Morgan fingerprint density at radius 1 is 1.41 bits per heavy atom.